The van der Waals surface area contributed by atoms with E-state index < -0.39 is 0 Å². The van der Waals surface area contributed by atoms with Gasteiger partial charge >= 0.3 is 0 Å². The van der Waals surface area contributed by atoms with Gasteiger partial charge in [0.1, 0.15) is 18.2 Å². The van der Waals surface area contributed by atoms with Crippen LogP contribution in [0.4, 0.5) is 0 Å². The third-order valence-corrected chi connectivity index (χ3v) is 5.82. The van der Waals surface area contributed by atoms with Crippen LogP contribution in [0.5, 0.6) is 5.75 Å². The maximum Gasteiger partial charge on any atom is 0.223 e. The molecule has 0 radical (unpaired) electrons. The summed E-state index contributed by atoms with van der Waals surface area (Å²) in [5.41, 5.74) is 3.26. The molecule has 1 N–H and O–H groups in total. The minimum Gasteiger partial charge on any atom is -0.488 e. The van der Waals surface area contributed by atoms with E-state index in [1.165, 1.54) is 11.9 Å². The molecule has 2 aromatic rings. The fourth-order valence-corrected chi connectivity index (χ4v) is 4.49. The molecule has 3 aliphatic rings. The van der Waals surface area contributed by atoms with Crippen molar-refractivity contribution in [2.24, 2.45) is 17.8 Å². The quantitative estimate of drug-likeness (QED) is 0.864. The van der Waals surface area contributed by atoms with Crippen molar-refractivity contribution in [2.75, 3.05) is 6.54 Å². The highest BCUT2D eigenvalue weighted by molar-refractivity contribution is 5.80. The first-order chi connectivity index (χ1) is 12.8. The Morgan fingerprint density at radius 2 is 2.04 bits per heavy atom. The molecule has 1 amide bonds. The van der Waals surface area contributed by atoms with Crippen molar-refractivity contribution < 1.29 is 9.53 Å². The summed E-state index contributed by atoms with van der Waals surface area (Å²) in [6.45, 7) is 0.564. The van der Waals surface area contributed by atoms with E-state index in [0.29, 0.717) is 18.4 Å². The van der Waals surface area contributed by atoms with Gasteiger partial charge in [-0.25, -0.2) is 9.97 Å². The summed E-state index contributed by atoms with van der Waals surface area (Å²) in [6, 6.07) is 6.16. The molecule has 1 aliphatic heterocycles. The summed E-state index contributed by atoms with van der Waals surface area (Å²) in [7, 11) is 0. The van der Waals surface area contributed by atoms with Crippen LogP contribution in [-0.2, 0) is 11.2 Å². The van der Waals surface area contributed by atoms with Gasteiger partial charge in [0.15, 0.2) is 0 Å². The molecule has 4 atom stereocenters. The Hall–Kier alpha value is -2.69. The highest BCUT2D eigenvalue weighted by Gasteiger charge is 2.39. The zero-order chi connectivity index (χ0) is 17.5. The van der Waals surface area contributed by atoms with Crippen molar-refractivity contribution in [3.05, 3.63) is 54.6 Å². The third kappa shape index (κ3) is 2.77. The standard InChI is InChI=1S/C21H21N3O2/c25-21(19-6-13-1-2-15(19)5-13)24-11-18-8-16-7-14(3-4-20(16)26-18)17-9-22-12-23-10-17/h1-4,7,9-10,12-13,15,18-19H,5-6,8,11H2,(H,24,25)/t13-,15+,18-,19-/m1/s1. The first kappa shape index (κ1) is 15.6. The van der Waals surface area contributed by atoms with Crippen LogP contribution in [0.1, 0.15) is 18.4 Å². The topological polar surface area (TPSA) is 64.1 Å². The third-order valence-electron chi connectivity index (χ3n) is 5.82. The Bertz CT molecular complexity index is 865. The van der Waals surface area contributed by atoms with Crippen LogP contribution in [0.2, 0.25) is 0 Å². The highest BCUT2D eigenvalue weighted by Crippen LogP contribution is 2.43. The van der Waals surface area contributed by atoms with E-state index in [-0.39, 0.29) is 17.9 Å². The monoisotopic (exact) mass is 347 g/mol. The van der Waals surface area contributed by atoms with Gasteiger partial charge in [-0.2, -0.15) is 0 Å². The Balaban J connectivity index is 1.21. The number of aromatic nitrogens is 2. The summed E-state index contributed by atoms with van der Waals surface area (Å²) < 4.78 is 6.01. The van der Waals surface area contributed by atoms with Crippen LogP contribution in [0.15, 0.2) is 49.1 Å². The van der Waals surface area contributed by atoms with Crippen LogP contribution >= 0.6 is 0 Å². The minimum absolute atomic E-state index is 0.00496. The fourth-order valence-electron chi connectivity index (χ4n) is 4.49. The number of amides is 1. The van der Waals surface area contributed by atoms with Crippen LogP contribution in [0.3, 0.4) is 0 Å². The van der Waals surface area contributed by atoms with Gasteiger partial charge in [0.2, 0.25) is 5.91 Å². The second kappa shape index (κ2) is 6.24. The van der Waals surface area contributed by atoms with Gasteiger partial charge in [-0.1, -0.05) is 18.2 Å². The van der Waals surface area contributed by atoms with Crippen molar-refractivity contribution in [3.8, 4) is 16.9 Å². The predicted molar refractivity (Wildman–Crippen MR) is 97.4 cm³/mol. The Labute approximate surface area is 152 Å². The van der Waals surface area contributed by atoms with Crippen LogP contribution in [0, 0.1) is 17.8 Å². The molecule has 0 unspecified atom stereocenters. The van der Waals surface area contributed by atoms with E-state index in [4.69, 9.17) is 4.74 Å². The number of hydrogen-bond acceptors (Lipinski definition) is 4. The van der Waals surface area contributed by atoms with E-state index in [1.54, 1.807) is 0 Å². The summed E-state index contributed by atoms with van der Waals surface area (Å²) in [5, 5.41) is 3.11. The first-order valence-corrected chi connectivity index (χ1v) is 9.27. The number of nitrogens with zero attached hydrogens (tertiary/aromatic N) is 2. The van der Waals surface area contributed by atoms with Gasteiger partial charge in [-0.3, -0.25) is 4.79 Å². The fraction of sp³-hybridized carbons (Fsp3) is 0.381. The van der Waals surface area contributed by atoms with Crippen LogP contribution < -0.4 is 10.1 Å². The zero-order valence-electron chi connectivity index (χ0n) is 14.5. The van der Waals surface area contributed by atoms with Gasteiger partial charge in [0, 0.05) is 30.3 Å². The number of nitrogens with one attached hydrogen (secondary N) is 1. The molecule has 1 fully saturated rings. The second-order valence-electron chi connectivity index (χ2n) is 7.53. The predicted octanol–water partition coefficient (Wildman–Crippen LogP) is 2.78. The van der Waals surface area contributed by atoms with Crippen LogP contribution in [0.25, 0.3) is 11.1 Å². The average molecular weight is 347 g/mol. The Kier molecular flexibility index (Phi) is 3.73. The number of benzene rings is 1. The van der Waals surface area contributed by atoms with E-state index in [1.807, 2.05) is 24.5 Å². The maximum absolute atomic E-state index is 12.5. The normalized spacial score (nSPS) is 28.0. The first-order valence-electron chi connectivity index (χ1n) is 9.27. The minimum atomic E-state index is 0.00496. The van der Waals surface area contributed by atoms with Crippen molar-refractivity contribution in [2.45, 2.75) is 25.4 Å². The van der Waals surface area contributed by atoms with Crippen molar-refractivity contribution >= 4 is 5.91 Å². The zero-order valence-corrected chi connectivity index (χ0v) is 14.5. The summed E-state index contributed by atoms with van der Waals surface area (Å²) in [5.74, 6) is 2.30. The number of carbonyl (C=O) groups excluding carboxylic acids is 1. The average Bonchev–Trinajstić information content (AvgIpc) is 3.41. The summed E-state index contributed by atoms with van der Waals surface area (Å²) in [6.07, 6.45) is 12.6. The molecule has 5 nitrogen and oxygen atoms in total. The molecule has 2 bridgehead atoms. The summed E-state index contributed by atoms with van der Waals surface area (Å²) in [4.78, 5) is 20.6. The number of ether oxygens (including phenoxy) is 1. The molecule has 5 rings (SSSR count). The van der Waals surface area contributed by atoms with Crippen molar-refractivity contribution in [1.29, 1.82) is 0 Å². The number of hydrogen-bond donors (Lipinski definition) is 1. The van der Waals surface area contributed by atoms with Gasteiger partial charge < -0.3 is 10.1 Å². The SMILES string of the molecule is O=C(NC[C@H]1Cc2cc(-c3cncnc3)ccc2O1)[C@@H]1C[C@@H]2C=C[C@H]1C2. The second-order valence-corrected chi connectivity index (χ2v) is 7.53. The van der Waals surface area contributed by atoms with Gasteiger partial charge in [-0.15, -0.1) is 0 Å². The number of allylic oxidation sites excluding steroid dienone is 2. The molecule has 5 heteroatoms. The van der Waals surface area contributed by atoms with Gasteiger partial charge in [0.05, 0.1) is 6.54 Å². The lowest BCUT2D eigenvalue weighted by Crippen LogP contribution is -2.39. The smallest absolute Gasteiger partial charge is 0.223 e. The number of rotatable bonds is 4. The molecule has 132 valence electrons. The highest BCUT2D eigenvalue weighted by atomic mass is 16.5. The van der Waals surface area contributed by atoms with Gasteiger partial charge in [-0.05, 0) is 47.9 Å². The maximum atomic E-state index is 12.5. The molecule has 2 aliphatic carbocycles. The molecule has 0 saturated heterocycles. The van der Waals surface area contributed by atoms with E-state index in [0.717, 1.165) is 36.1 Å². The van der Waals surface area contributed by atoms with Crippen molar-refractivity contribution in [1.82, 2.24) is 15.3 Å². The van der Waals surface area contributed by atoms with E-state index >= 15 is 0 Å². The van der Waals surface area contributed by atoms with E-state index in [9.17, 15) is 4.79 Å². The Morgan fingerprint density at radius 1 is 1.15 bits per heavy atom. The lowest BCUT2D eigenvalue weighted by Gasteiger charge is -2.19. The Morgan fingerprint density at radius 3 is 2.81 bits per heavy atom. The van der Waals surface area contributed by atoms with Gasteiger partial charge in [0.25, 0.3) is 0 Å². The molecule has 1 aromatic heterocycles. The number of carbonyl (C=O) groups is 1. The lowest BCUT2D eigenvalue weighted by molar-refractivity contribution is -0.126. The lowest BCUT2D eigenvalue weighted by atomic mass is 9.93. The number of fused-ring (bicyclic) bond motifs is 3. The van der Waals surface area contributed by atoms with Crippen LogP contribution in [-0.4, -0.2) is 28.5 Å². The van der Waals surface area contributed by atoms with E-state index in [2.05, 4.69) is 33.5 Å². The molecule has 26 heavy (non-hydrogen) atoms. The van der Waals surface area contributed by atoms with Crippen molar-refractivity contribution in [3.63, 3.8) is 0 Å². The molecule has 1 aromatic carbocycles. The molecule has 1 saturated carbocycles. The summed E-state index contributed by atoms with van der Waals surface area (Å²) >= 11 is 0. The molecular formula is C21H21N3O2. The largest absolute Gasteiger partial charge is 0.488 e. The molecule has 0 spiro atoms. The molecule has 2 heterocycles. The molecular weight excluding hydrogens is 326 g/mol.